The van der Waals surface area contributed by atoms with Crippen LogP contribution in [0.4, 0.5) is 0 Å². The fraction of sp³-hybridized carbons (Fsp3) is 0.733. The van der Waals surface area contributed by atoms with Crippen LogP contribution in [0.25, 0.3) is 0 Å². The second-order valence-corrected chi connectivity index (χ2v) is 5.23. The van der Waals surface area contributed by atoms with Gasteiger partial charge in [-0.3, -0.25) is 0 Å². The molecule has 0 radical (unpaired) electrons. The highest BCUT2D eigenvalue weighted by Gasteiger charge is 2.21. The summed E-state index contributed by atoms with van der Waals surface area (Å²) in [6.07, 6.45) is 6.25. The normalized spacial score (nSPS) is 15.2. The molecule has 0 aromatic carbocycles. The van der Waals surface area contributed by atoms with E-state index >= 15 is 0 Å². The fourth-order valence-corrected chi connectivity index (χ4v) is 1.99. The van der Waals surface area contributed by atoms with Crippen molar-refractivity contribution in [2.45, 2.75) is 65.1 Å². The molecule has 3 nitrogen and oxygen atoms in total. The summed E-state index contributed by atoms with van der Waals surface area (Å²) in [6, 6.07) is 2.83. The second kappa shape index (κ2) is 6.95. The predicted octanol–water partition coefficient (Wildman–Crippen LogP) is 3.55. The molecule has 0 bridgehead atoms. The van der Waals surface area contributed by atoms with Gasteiger partial charge in [-0.15, -0.1) is 0 Å². The minimum absolute atomic E-state index is 0.605. The zero-order valence-corrected chi connectivity index (χ0v) is 11.6. The summed E-state index contributed by atoms with van der Waals surface area (Å²) in [7, 11) is 0. The van der Waals surface area contributed by atoms with Crippen LogP contribution in [0.1, 0.15) is 56.1 Å². The molecule has 1 aromatic rings. The zero-order valence-electron chi connectivity index (χ0n) is 11.6. The highest BCUT2D eigenvalue weighted by molar-refractivity contribution is 5.19. The maximum absolute atomic E-state index is 5.81. The van der Waals surface area contributed by atoms with E-state index in [0.717, 1.165) is 37.1 Å². The first-order valence-corrected chi connectivity index (χ1v) is 7.19. The Bertz CT molecular complexity index is 355. The van der Waals surface area contributed by atoms with E-state index in [4.69, 9.17) is 9.15 Å². The topological polar surface area (TPSA) is 34.4 Å². The predicted molar refractivity (Wildman–Crippen MR) is 72.5 cm³/mol. The van der Waals surface area contributed by atoms with E-state index in [1.807, 2.05) is 0 Å². The third kappa shape index (κ3) is 4.46. The van der Waals surface area contributed by atoms with Crippen LogP contribution < -0.4 is 5.32 Å². The van der Waals surface area contributed by atoms with Gasteiger partial charge in [-0.05, 0) is 37.8 Å². The Balaban J connectivity index is 1.69. The number of aryl methyl sites for hydroxylation is 1. The molecular weight excluding hydrogens is 226 g/mol. The van der Waals surface area contributed by atoms with Gasteiger partial charge in [0, 0.05) is 12.6 Å². The van der Waals surface area contributed by atoms with Crippen LogP contribution in [-0.4, -0.2) is 12.6 Å². The van der Waals surface area contributed by atoms with E-state index in [1.54, 1.807) is 0 Å². The van der Waals surface area contributed by atoms with Gasteiger partial charge in [0.15, 0.2) is 0 Å². The van der Waals surface area contributed by atoms with Gasteiger partial charge < -0.3 is 14.5 Å². The van der Waals surface area contributed by atoms with Crippen molar-refractivity contribution in [1.29, 1.82) is 0 Å². The first-order chi connectivity index (χ1) is 8.79. The first kappa shape index (κ1) is 13.6. The van der Waals surface area contributed by atoms with Gasteiger partial charge in [-0.25, -0.2) is 0 Å². The molecule has 1 aromatic heterocycles. The quantitative estimate of drug-likeness (QED) is 0.682. The molecule has 102 valence electrons. The summed E-state index contributed by atoms with van der Waals surface area (Å²) in [4.78, 5) is 0. The lowest BCUT2D eigenvalue weighted by molar-refractivity contribution is 0.102. The molecule has 1 heterocycles. The zero-order chi connectivity index (χ0) is 12.8. The molecule has 0 saturated heterocycles. The standard InChI is InChI=1S/C15H25NO2/c1-3-4-5-8-17-11-14-9-12(2)15(18-14)10-16-13-6-7-13/h9,13,16H,3-8,10-11H2,1-2H3. The van der Waals surface area contributed by atoms with Gasteiger partial charge in [0.25, 0.3) is 0 Å². The molecule has 1 aliphatic carbocycles. The number of furan rings is 1. The van der Waals surface area contributed by atoms with E-state index in [2.05, 4.69) is 25.2 Å². The minimum atomic E-state index is 0.605. The molecule has 0 spiro atoms. The van der Waals surface area contributed by atoms with Crippen LogP contribution >= 0.6 is 0 Å². The van der Waals surface area contributed by atoms with Gasteiger partial charge in [0.05, 0.1) is 6.54 Å². The van der Waals surface area contributed by atoms with Crippen LogP contribution in [0.3, 0.4) is 0 Å². The summed E-state index contributed by atoms with van der Waals surface area (Å²) < 4.78 is 11.4. The van der Waals surface area contributed by atoms with Crippen molar-refractivity contribution < 1.29 is 9.15 Å². The molecular formula is C15H25NO2. The van der Waals surface area contributed by atoms with Crippen molar-refractivity contribution in [1.82, 2.24) is 5.32 Å². The van der Waals surface area contributed by atoms with Gasteiger partial charge in [-0.2, -0.15) is 0 Å². The summed E-state index contributed by atoms with van der Waals surface area (Å²) >= 11 is 0. The molecule has 1 saturated carbocycles. The summed E-state index contributed by atoms with van der Waals surface area (Å²) in [5, 5.41) is 3.48. The van der Waals surface area contributed by atoms with Crippen LogP contribution in [-0.2, 0) is 17.9 Å². The Kier molecular flexibility index (Phi) is 5.26. The highest BCUT2D eigenvalue weighted by Crippen LogP contribution is 2.21. The maximum Gasteiger partial charge on any atom is 0.130 e. The summed E-state index contributed by atoms with van der Waals surface area (Å²) in [5.74, 6) is 2.02. The third-order valence-corrected chi connectivity index (χ3v) is 3.34. The number of hydrogen-bond acceptors (Lipinski definition) is 3. The Hall–Kier alpha value is -0.800. The average Bonchev–Trinajstić information content (AvgIpc) is 3.11. The van der Waals surface area contributed by atoms with Crippen molar-refractivity contribution in [2.24, 2.45) is 0 Å². The molecule has 1 aliphatic rings. The van der Waals surface area contributed by atoms with Gasteiger partial charge in [-0.1, -0.05) is 19.8 Å². The number of rotatable bonds is 9. The molecule has 0 unspecified atom stereocenters. The molecule has 1 N–H and O–H groups in total. The lowest BCUT2D eigenvalue weighted by Crippen LogP contribution is -2.15. The van der Waals surface area contributed by atoms with E-state index in [0.29, 0.717) is 6.61 Å². The summed E-state index contributed by atoms with van der Waals surface area (Å²) in [6.45, 7) is 6.60. The van der Waals surface area contributed by atoms with Crippen molar-refractivity contribution in [3.63, 3.8) is 0 Å². The minimum Gasteiger partial charge on any atom is -0.462 e. The number of unbranched alkanes of at least 4 members (excludes halogenated alkanes) is 2. The summed E-state index contributed by atoms with van der Waals surface area (Å²) in [5.41, 5.74) is 1.23. The van der Waals surface area contributed by atoms with Crippen molar-refractivity contribution >= 4 is 0 Å². The smallest absolute Gasteiger partial charge is 0.130 e. The van der Waals surface area contributed by atoms with Crippen molar-refractivity contribution in [3.8, 4) is 0 Å². The number of nitrogens with one attached hydrogen (secondary N) is 1. The molecule has 2 rings (SSSR count). The molecule has 1 fully saturated rings. The first-order valence-electron chi connectivity index (χ1n) is 7.19. The monoisotopic (exact) mass is 251 g/mol. The van der Waals surface area contributed by atoms with Crippen LogP contribution in [0, 0.1) is 6.92 Å². The SMILES string of the molecule is CCCCCOCc1cc(C)c(CNC2CC2)o1. The Morgan fingerprint density at radius 2 is 2.22 bits per heavy atom. The van der Waals surface area contributed by atoms with E-state index < -0.39 is 0 Å². The molecule has 3 heteroatoms. The van der Waals surface area contributed by atoms with Gasteiger partial charge >= 0.3 is 0 Å². The van der Waals surface area contributed by atoms with E-state index in [-0.39, 0.29) is 0 Å². The van der Waals surface area contributed by atoms with Gasteiger partial charge in [0.1, 0.15) is 18.1 Å². The van der Waals surface area contributed by atoms with Crippen molar-refractivity contribution in [3.05, 3.63) is 23.2 Å². The van der Waals surface area contributed by atoms with Crippen molar-refractivity contribution in [2.75, 3.05) is 6.61 Å². The Morgan fingerprint density at radius 3 is 2.94 bits per heavy atom. The third-order valence-electron chi connectivity index (χ3n) is 3.34. The molecule has 0 aliphatic heterocycles. The van der Waals surface area contributed by atoms with Crippen LogP contribution in [0.2, 0.25) is 0 Å². The number of hydrogen-bond donors (Lipinski definition) is 1. The second-order valence-electron chi connectivity index (χ2n) is 5.23. The maximum atomic E-state index is 5.81. The van der Waals surface area contributed by atoms with Crippen LogP contribution in [0.15, 0.2) is 10.5 Å². The molecule has 0 atom stereocenters. The molecule has 0 amide bonds. The highest BCUT2D eigenvalue weighted by atomic mass is 16.5. The van der Waals surface area contributed by atoms with E-state index in [1.165, 1.54) is 31.2 Å². The lowest BCUT2D eigenvalue weighted by Gasteiger charge is -2.02. The lowest BCUT2D eigenvalue weighted by atomic mass is 10.2. The van der Waals surface area contributed by atoms with Crippen LogP contribution in [0.5, 0.6) is 0 Å². The Morgan fingerprint density at radius 1 is 1.39 bits per heavy atom. The molecule has 18 heavy (non-hydrogen) atoms. The largest absolute Gasteiger partial charge is 0.462 e. The Labute approximate surface area is 110 Å². The average molecular weight is 251 g/mol. The number of ether oxygens (including phenoxy) is 1. The van der Waals surface area contributed by atoms with Gasteiger partial charge in [0.2, 0.25) is 0 Å². The fourth-order valence-electron chi connectivity index (χ4n) is 1.99. The van der Waals surface area contributed by atoms with E-state index in [9.17, 15) is 0 Å².